The maximum Gasteiger partial charge on any atom is 0.330 e. The van der Waals surface area contributed by atoms with Crippen LogP contribution < -0.4 is 0 Å². The average Bonchev–Trinajstić information content (AvgIpc) is 2.36. The first-order valence-corrected chi connectivity index (χ1v) is 6.17. The summed E-state index contributed by atoms with van der Waals surface area (Å²) in [6, 6.07) is 0. The number of hydrogen-bond acceptors (Lipinski definition) is 5. The van der Waals surface area contributed by atoms with Gasteiger partial charge in [-0.2, -0.15) is 0 Å². The van der Waals surface area contributed by atoms with E-state index in [1.807, 2.05) is 6.92 Å². The highest BCUT2D eigenvalue weighted by atomic mass is 16.7. The lowest BCUT2D eigenvalue weighted by Crippen LogP contribution is -2.26. The van der Waals surface area contributed by atoms with Crippen molar-refractivity contribution in [2.75, 3.05) is 21.0 Å². The molecule has 104 valence electrons. The molecule has 5 heteroatoms. The second-order valence-electron chi connectivity index (χ2n) is 4.39. The fourth-order valence-corrected chi connectivity index (χ4v) is 1.85. The van der Waals surface area contributed by atoms with Gasteiger partial charge in [0.25, 0.3) is 0 Å². The Morgan fingerprint density at radius 1 is 1.39 bits per heavy atom. The van der Waals surface area contributed by atoms with Gasteiger partial charge in [0.2, 0.25) is 0 Å². The molecule has 0 amide bonds. The molecule has 3 atom stereocenters. The van der Waals surface area contributed by atoms with Gasteiger partial charge in [-0.3, -0.25) is 0 Å². The Morgan fingerprint density at radius 3 is 2.83 bits per heavy atom. The van der Waals surface area contributed by atoms with E-state index in [1.165, 1.54) is 6.08 Å². The molecule has 0 unspecified atom stereocenters. The summed E-state index contributed by atoms with van der Waals surface area (Å²) >= 11 is 0. The van der Waals surface area contributed by atoms with E-state index in [0.717, 1.165) is 12.8 Å². The number of rotatable bonds is 4. The van der Waals surface area contributed by atoms with Crippen molar-refractivity contribution in [1.82, 2.24) is 0 Å². The van der Waals surface area contributed by atoms with Gasteiger partial charge in [-0.05, 0) is 25.8 Å². The van der Waals surface area contributed by atoms with E-state index < -0.39 is 0 Å². The summed E-state index contributed by atoms with van der Waals surface area (Å²) in [6.45, 7) is 2.15. The molecule has 0 fully saturated rings. The third-order valence-electron chi connectivity index (χ3n) is 2.88. The fraction of sp³-hybridized carbons (Fsp3) is 0.769. The number of carbonyl (C=O) groups excluding carboxylic acids is 1. The predicted molar refractivity (Wildman–Crippen MR) is 66.1 cm³/mol. The van der Waals surface area contributed by atoms with E-state index in [2.05, 4.69) is 0 Å². The van der Waals surface area contributed by atoms with Crippen LogP contribution in [0.1, 0.15) is 26.2 Å². The van der Waals surface area contributed by atoms with E-state index >= 15 is 0 Å². The van der Waals surface area contributed by atoms with Crippen molar-refractivity contribution in [3.63, 3.8) is 0 Å². The van der Waals surface area contributed by atoms with Crippen LogP contribution in [0.25, 0.3) is 0 Å². The Bertz CT molecular complexity index is 277. The molecule has 0 radical (unpaired) electrons. The van der Waals surface area contributed by atoms with Gasteiger partial charge in [-0.1, -0.05) is 0 Å². The molecule has 0 N–H and O–H groups in total. The first-order chi connectivity index (χ1) is 8.65. The number of cyclic esters (lactones) is 1. The van der Waals surface area contributed by atoms with Gasteiger partial charge < -0.3 is 18.9 Å². The van der Waals surface area contributed by atoms with Crippen molar-refractivity contribution in [1.29, 1.82) is 0 Å². The van der Waals surface area contributed by atoms with Crippen LogP contribution in [-0.2, 0) is 23.7 Å². The molecule has 18 heavy (non-hydrogen) atoms. The predicted octanol–water partition coefficient (Wildman–Crippen LogP) is 1.66. The van der Waals surface area contributed by atoms with Crippen LogP contribution in [0, 0.1) is 0 Å². The second kappa shape index (κ2) is 8.24. The lowest BCUT2D eigenvalue weighted by Gasteiger charge is -2.23. The normalized spacial score (nSPS) is 31.7. The minimum absolute atomic E-state index is 0.0406. The Hall–Kier alpha value is -0.910. The molecule has 0 saturated heterocycles. The molecule has 0 saturated carbocycles. The van der Waals surface area contributed by atoms with E-state index in [4.69, 9.17) is 18.9 Å². The molecule has 0 aromatic rings. The summed E-state index contributed by atoms with van der Waals surface area (Å²) in [6.07, 6.45) is 5.21. The number of carbonyl (C=O) groups is 1. The van der Waals surface area contributed by atoms with Crippen molar-refractivity contribution in [3.8, 4) is 0 Å². The maximum atomic E-state index is 11.4. The molecule has 5 nitrogen and oxygen atoms in total. The van der Waals surface area contributed by atoms with E-state index in [-0.39, 0.29) is 31.1 Å². The number of hydrogen-bond donors (Lipinski definition) is 0. The Morgan fingerprint density at radius 2 is 2.17 bits per heavy atom. The van der Waals surface area contributed by atoms with Gasteiger partial charge in [0.15, 0.2) is 0 Å². The topological polar surface area (TPSA) is 54.0 Å². The summed E-state index contributed by atoms with van der Waals surface area (Å²) in [5.74, 6) is -0.319. The van der Waals surface area contributed by atoms with Crippen molar-refractivity contribution >= 4 is 5.97 Å². The lowest BCUT2D eigenvalue weighted by atomic mass is 10.0. The largest absolute Gasteiger partial charge is 0.460 e. The standard InChI is InChI=1S/C13H22O5/c1-10-4-5-12(17-9-15-2)8-11(16-3)6-7-13(14)18-10/h6-7,10-12H,4-5,8-9H2,1-3H3/b7-6-/t10-,11-,12+/m1/s1. The van der Waals surface area contributed by atoms with E-state index in [0.29, 0.717) is 6.42 Å². The van der Waals surface area contributed by atoms with Crippen LogP contribution >= 0.6 is 0 Å². The average molecular weight is 258 g/mol. The van der Waals surface area contributed by atoms with Crippen LogP contribution in [0.5, 0.6) is 0 Å². The quantitative estimate of drug-likeness (QED) is 0.567. The maximum absolute atomic E-state index is 11.4. The zero-order valence-corrected chi connectivity index (χ0v) is 11.3. The Labute approximate surface area is 108 Å². The van der Waals surface area contributed by atoms with Crippen LogP contribution in [0.2, 0.25) is 0 Å². The highest BCUT2D eigenvalue weighted by molar-refractivity contribution is 5.82. The molecule has 1 rings (SSSR count). The van der Waals surface area contributed by atoms with E-state index in [1.54, 1.807) is 20.3 Å². The first-order valence-electron chi connectivity index (χ1n) is 6.17. The molecule has 1 aliphatic heterocycles. The van der Waals surface area contributed by atoms with Crippen LogP contribution in [0.15, 0.2) is 12.2 Å². The third-order valence-corrected chi connectivity index (χ3v) is 2.88. The summed E-state index contributed by atoms with van der Waals surface area (Å²) in [5.41, 5.74) is 0. The van der Waals surface area contributed by atoms with E-state index in [9.17, 15) is 4.79 Å². The number of methoxy groups -OCH3 is 2. The minimum atomic E-state index is -0.319. The monoisotopic (exact) mass is 258 g/mol. The molecule has 0 aliphatic carbocycles. The van der Waals surface area contributed by atoms with Crippen molar-refractivity contribution < 1.29 is 23.7 Å². The van der Waals surface area contributed by atoms with Crippen molar-refractivity contribution in [2.45, 2.75) is 44.5 Å². The molecule has 1 heterocycles. The van der Waals surface area contributed by atoms with Gasteiger partial charge >= 0.3 is 5.97 Å². The molecular formula is C13H22O5. The number of ether oxygens (including phenoxy) is 4. The molecule has 0 aromatic heterocycles. The van der Waals surface area contributed by atoms with Crippen LogP contribution in [-0.4, -0.2) is 45.3 Å². The fourth-order valence-electron chi connectivity index (χ4n) is 1.85. The van der Waals surface area contributed by atoms with Crippen molar-refractivity contribution in [3.05, 3.63) is 12.2 Å². The zero-order valence-electron chi connectivity index (χ0n) is 11.3. The summed E-state index contributed by atoms with van der Waals surface area (Å²) in [4.78, 5) is 11.4. The Kier molecular flexibility index (Phi) is 6.93. The van der Waals surface area contributed by atoms with Gasteiger partial charge in [0.1, 0.15) is 6.79 Å². The van der Waals surface area contributed by atoms with Crippen LogP contribution in [0.3, 0.4) is 0 Å². The molecular weight excluding hydrogens is 236 g/mol. The van der Waals surface area contributed by atoms with Gasteiger partial charge in [0.05, 0.1) is 18.3 Å². The van der Waals surface area contributed by atoms with Crippen molar-refractivity contribution in [2.24, 2.45) is 0 Å². The second-order valence-corrected chi connectivity index (χ2v) is 4.39. The van der Waals surface area contributed by atoms with Gasteiger partial charge in [0, 0.05) is 26.7 Å². The zero-order chi connectivity index (χ0) is 13.4. The highest BCUT2D eigenvalue weighted by Crippen LogP contribution is 2.17. The highest BCUT2D eigenvalue weighted by Gasteiger charge is 2.19. The molecule has 0 bridgehead atoms. The van der Waals surface area contributed by atoms with Crippen LogP contribution in [0.4, 0.5) is 0 Å². The SMILES string of the molecule is COCO[C@H]1CC[C@@H](C)OC(=O)/C=C\[C@@H](OC)C1. The lowest BCUT2D eigenvalue weighted by molar-refractivity contribution is -0.143. The summed E-state index contributed by atoms with van der Waals surface area (Å²) in [7, 11) is 3.21. The molecule has 0 spiro atoms. The number of esters is 1. The molecule has 1 aliphatic rings. The summed E-state index contributed by atoms with van der Waals surface area (Å²) < 4.78 is 21.0. The molecule has 0 aromatic carbocycles. The van der Waals surface area contributed by atoms with Gasteiger partial charge in [-0.25, -0.2) is 4.79 Å². The first kappa shape index (κ1) is 15.1. The summed E-state index contributed by atoms with van der Waals surface area (Å²) in [5, 5.41) is 0. The smallest absolute Gasteiger partial charge is 0.330 e. The third kappa shape index (κ3) is 5.62. The minimum Gasteiger partial charge on any atom is -0.460 e. The van der Waals surface area contributed by atoms with Gasteiger partial charge in [-0.15, -0.1) is 0 Å². The Balaban J connectivity index is 2.64.